The number of piperidine rings is 1. The number of hydrogen-bond acceptors (Lipinski definition) is 7. The van der Waals surface area contributed by atoms with E-state index in [0.717, 1.165) is 0 Å². The molecule has 0 bridgehead atoms. The van der Waals surface area contributed by atoms with Gasteiger partial charge in [0.2, 0.25) is 10.0 Å². The van der Waals surface area contributed by atoms with Gasteiger partial charge in [-0.05, 0) is 19.3 Å². The van der Waals surface area contributed by atoms with Gasteiger partial charge >= 0.3 is 0 Å². The topological polar surface area (TPSA) is 113 Å². The van der Waals surface area contributed by atoms with Crippen molar-refractivity contribution in [1.29, 1.82) is 0 Å². The summed E-state index contributed by atoms with van der Waals surface area (Å²) in [6.07, 6.45) is 1.72. The van der Waals surface area contributed by atoms with E-state index in [1.165, 1.54) is 17.7 Å². The third-order valence-electron chi connectivity index (χ3n) is 5.65. The Morgan fingerprint density at radius 2 is 2.19 bits per heavy atom. The Morgan fingerprint density at radius 1 is 1.46 bits per heavy atom. The molecule has 0 spiro atoms. The van der Waals surface area contributed by atoms with Crippen LogP contribution in [-0.2, 0) is 21.4 Å². The van der Waals surface area contributed by atoms with Gasteiger partial charge in [0, 0.05) is 38.7 Å². The van der Waals surface area contributed by atoms with Crippen molar-refractivity contribution in [2.75, 3.05) is 46.2 Å². The summed E-state index contributed by atoms with van der Waals surface area (Å²) in [6.45, 7) is 3.29. The molecule has 146 valence electrons. The fraction of sp³-hybridized carbons (Fsp3) is 0.750. The number of amides is 1. The van der Waals surface area contributed by atoms with Gasteiger partial charge in [0.05, 0.1) is 25.0 Å². The molecule has 2 fully saturated rings. The highest BCUT2D eigenvalue weighted by molar-refractivity contribution is 7.88. The van der Waals surface area contributed by atoms with E-state index in [9.17, 15) is 18.3 Å². The second-order valence-corrected chi connectivity index (χ2v) is 9.26. The number of hydrogen-bond donors (Lipinski definition) is 1. The summed E-state index contributed by atoms with van der Waals surface area (Å²) in [7, 11) is -1.80. The standard InChI is InChI=1S/C16H25N3O6S/c1-11-13(8-24-2)14(17-25-11)15(21)18-5-4-16(10-20)9-19(26(3,22)23)7-12(16)6-18/h12,20H,4-10H2,1-3H3/t12-,16+/m1/s1. The maximum Gasteiger partial charge on any atom is 0.276 e. The summed E-state index contributed by atoms with van der Waals surface area (Å²) in [5.74, 6) is 0.179. The number of nitrogens with zero attached hydrogens (tertiary/aromatic N) is 3. The first kappa shape index (κ1) is 19.3. The van der Waals surface area contributed by atoms with Crippen LogP contribution < -0.4 is 0 Å². The average Bonchev–Trinajstić information content (AvgIpc) is 3.15. The van der Waals surface area contributed by atoms with Crippen molar-refractivity contribution >= 4 is 15.9 Å². The van der Waals surface area contributed by atoms with E-state index in [1.807, 2.05) is 0 Å². The molecule has 9 nitrogen and oxygen atoms in total. The number of aliphatic hydroxyl groups excluding tert-OH is 1. The number of sulfonamides is 1. The lowest BCUT2D eigenvalue weighted by Gasteiger charge is -2.42. The number of aliphatic hydroxyl groups is 1. The minimum Gasteiger partial charge on any atom is -0.396 e. The molecule has 2 atom stereocenters. The normalized spacial score (nSPS) is 26.9. The van der Waals surface area contributed by atoms with Crippen molar-refractivity contribution in [2.24, 2.45) is 11.3 Å². The smallest absolute Gasteiger partial charge is 0.276 e. The lowest BCUT2D eigenvalue weighted by atomic mass is 9.73. The summed E-state index contributed by atoms with van der Waals surface area (Å²) >= 11 is 0. The predicted octanol–water partition coefficient (Wildman–Crippen LogP) is -0.155. The fourth-order valence-corrected chi connectivity index (χ4v) is 4.89. The van der Waals surface area contributed by atoms with Gasteiger partial charge in [0.25, 0.3) is 5.91 Å². The van der Waals surface area contributed by atoms with Crippen LogP contribution in [0.25, 0.3) is 0 Å². The minimum atomic E-state index is -3.33. The van der Waals surface area contributed by atoms with Crippen LogP contribution >= 0.6 is 0 Å². The summed E-state index contributed by atoms with van der Waals surface area (Å²) in [5, 5.41) is 13.8. The van der Waals surface area contributed by atoms with E-state index in [1.54, 1.807) is 11.8 Å². The first-order chi connectivity index (χ1) is 12.2. The molecule has 0 saturated carbocycles. The maximum absolute atomic E-state index is 12.9. The molecule has 3 rings (SSSR count). The van der Waals surface area contributed by atoms with Gasteiger partial charge in [-0.15, -0.1) is 0 Å². The summed E-state index contributed by atoms with van der Waals surface area (Å²) in [6, 6.07) is 0. The Labute approximate surface area is 152 Å². The molecule has 3 heterocycles. The first-order valence-corrected chi connectivity index (χ1v) is 10.4. The van der Waals surface area contributed by atoms with E-state index in [0.29, 0.717) is 43.9 Å². The van der Waals surface area contributed by atoms with Crippen LogP contribution in [0.4, 0.5) is 0 Å². The van der Waals surface area contributed by atoms with Gasteiger partial charge in [-0.25, -0.2) is 12.7 Å². The van der Waals surface area contributed by atoms with Gasteiger partial charge in [-0.3, -0.25) is 4.79 Å². The van der Waals surface area contributed by atoms with Gasteiger partial charge in [0.1, 0.15) is 5.76 Å². The zero-order chi connectivity index (χ0) is 19.1. The summed E-state index contributed by atoms with van der Waals surface area (Å²) in [5.41, 5.74) is 0.370. The minimum absolute atomic E-state index is 0.0935. The van der Waals surface area contributed by atoms with Crippen LogP contribution in [0, 0.1) is 18.3 Å². The van der Waals surface area contributed by atoms with Crippen LogP contribution in [-0.4, -0.2) is 79.9 Å². The molecule has 1 aromatic heterocycles. The van der Waals surface area contributed by atoms with Crippen molar-refractivity contribution in [3.63, 3.8) is 0 Å². The Balaban J connectivity index is 1.80. The molecule has 0 radical (unpaired) electrons. The molecule has 1 N–H and O–H groups in total. The zero-order valence-corrected chi connectivity index (χ0v) is 16.1. The van der Waals surface area contributed by atoms with Crippen molar-refractivity contribution in [3.8, 4) is 0 Å². The largest absolute Gasteiger partial charge is 0.396 e. The molecule has 1 aromatic rings. The number of fused-ring (bicyclic) bond motifs is 1. The Morgan fingerprint density at radius 3 is 2.81 bits per heavy atom. The van der Waals surface area contributed by atoms with E-state index >= 15 is 0 Å². The van der Waals surface area contributed by atoms with E-state index in [4.69, 9.17) is 9.26 Å². The number of rotatable bonds is 5. The number of likely N-dealkylation sites (tertiary alicyclic amines) is 1. The van der Waals surface area contributed by atoms with Crippen LogP contribution in [0.3, 0.4) is 0 Å². The number of carbonyl (C=O) groups is 1. The molecule has 1 amide bonds. The molecule has 2 aliphatic heterocycles. The average molecular weight is 387 g/mol. The molecule has 10 heteroatoms. The molecular formula is C16H25N3O6S. The van der Waals surface area contributed by atoms with E-state index in [2.05, 4.69) is 5.16 Å². The monoisotopic (exact) mass is 387 g/mol. The van der Waals surface area contributed by atoms with Gasteiger partial charge in [-0.1, -0.05) is 5.16 Å². The van der Waals surface area contributed by atoms with Crippen molar-refractivity contribution < 1.29 is 27.6 Å². The molecule has 26 heavy (non-hydrogen) atoms. The van der Waals surface area contributed by atoms with Crippen molar-refractivity contribution in [2.45, 2.75) is 20.0 Å². The molecule has 0 unspecified atom stereocenters. The van der Waals surface area contributed by atoms with E-state index in [-0.39, 0.29) is 30.7 Å². The number of carbonyl (C=O) groups excluding carboxylic acids is 1. The third kappa shape index (κ3) is 3.26. The summed E-state index contributed by atoms with van der Waals surface area (Å²) in [4.78, 5) is 14.6. The molecule has 2 saturated heterocycles. The predicted molar refractivity (Wildman–Crippen MR) is 91.9 cm³/mol. The first-order valence-electron chi connectivity index (χ1n) is 8.51. The maximum atomic E-state index is 12.9. The van der Waals surface area contributed by atoms with Crippen molar-refractivity contribution in [1.82, 2.24) is 14.4 Å². The Kier molecular flexibility index (Phi) is 5.13. The van der Waals surface area contributed by atoms with Gasteiger partial charge in [-0.2, -0.15) is 0 Å². The lowest BCUT2D eigenvalue weighted by molar-refractivity contribution is 0.0179. The fourth-order valence-electron chi connectivity index (χ4n) is 3.95. The van der Waals surface area contributed by atoms with Crippen LogP contribution in [0.15, 0.2) is 4.52 Å². The lowest BCUT2D eigenvalue weighted by Crippen LogP contribution is -2.50. The number of aryl methyl sites for hydroxylation is 1. The zero-order valence-electron chi connectivity index (χ0n) is 15.3. The van der Waals surface area contributed by atoms with Crippen LogP contribution in [0.2, 0.25) is 0 Å². The molecule has 0 aromatic carbocycles. The molecule has 0 aliphatic carbocycles. The van der Waals surface area contributed by atoms with E-state index < -0.39 is 15.4 Å². The van der Waals surface area contributed by atoms with Gasteiger partial charge in [0.15, 0.2) is 5.69 Å². The van der Waals surface area contributed by atoms with Crippen molar-refractivity contribution in [3.05, 3.63) is 17.0 Å². The van der Waals surface area contributed by atoms with Crippen LogP contribution in [0.5, 0.6) is 0 Å². The highest BCUT2D eigenvalue weighted by atomic mass is 32.2. The SMILES string of the molecule is COCc1c(C(=O)N2CC[C@@]3(CO)CN(S(C)(=O)=O)C[C@H]3C2)noc1C. The highest BCUT2D eigenvalue weighted by Crippen LogP contribution is 2.43. The van der Waals surface area contributed by atoms with Gasteiger partial charge < -0.3 is 19.3 Å². The second-order valence-electron chi connectivity index (χ2n) is 7.27. The van der Waals surface area contributed by atoms with Crippen LogP contribution in [0.1, 0.15) is 28.2 Å². The number of aromatic nitrogens is 1. The quantitative estimate of drug-likeness (QED) is 0.747. The molecular weight excluding hydrogens is 362 g/mol. The number of methoxy groups -OCH3 is 1. The highest BCUT2D eigenvalue weighted by Gasteiger charge is 2.52. The molecule has 2 aliphatic rings. The second kappa shape index (κ2) is 6.91. The third-order valence-corrected chi connectivity index (χ3v) is 6.86. The Bertz CT molecular complexity index is 792. The summed E-state index contributed by atoms with van der Waals surface area (Å²) < 4.78 is 35.5. The number of ether oxygens (including phenoxy) is 1. The Hall–Kier alpha value is -1.49.